The Kier molecular flexibility index (Phi) is 5.67. The van der Waals surface area contributed by atoms with Crippen LogP contribution in [-0.2, 0) is 25.7 Å². The van der Waals surface area contributed by atoms with Crippen molar-refractivity contribution in [3.8, 4) is 0 Å². The van der Waals surface area contributed by atoms with Crippen molar-refractivity contribution < 1.29 is 13.2 Å². The molecular weight excluding hydrogens is 279 g/mol. The van der Waals surface area contributed by atoms with E-state index in [1.807, 2.05) is 0 Å². The number of halogens is 3. The van der Waals surface area contributed by atoms with Crippen LogP contribution in [0.3, 0.4) is 0 Å². The molecule has 2 rings (SSSR count). The first-order valence-electron chi connectivity index (χ1n) is 7.90. The molecular formula is C15H24F3N3. The molecule has 0 fully saturated rings. The first-order chi connectivity index (χ1) is 10.0. The van der Waals surface area contributed by atoms with Crippen molar-refractivity contribution in [1.29, 1.82) is 0 Å². The number of rotatable bonds is 7. The average Bonchev–Trinajstić information content (AvgIpc) is 2.82. The van der Waals surface area contributed by atoms with E-state index in [0.717, 1.165) is 31.5 Å². The van der Waals surface area contributed by atoms with E-state index in [1.165, 1.54) is 23.8 Å². The predicted molar refractivity (Wildman–Crippen MR) is 76.0 cm³/mol. The molecule has 0 saturated heterocycles. The lowest BCUT2D eigenvalue weighted by atomic mass is 10.1. The molecule has 0 amide bonds. The predicted octanol–water partition coefficient (Wildman–Crippen LogP) is 3.91. The Labute approximate surface area is 123 Å². The normalized spacial score (nSPS) is 15.2. The molecule has 0 saturated carbocycles. The summed E-state index contributed by atoms with van der Waals surface area (Å²) in [6.45, 7) is 3.76. The maximum atomic E-state index is 13.1. The average molecular weight is 303 g/mol. The van der Waals surface area contributed by atoms with Gasteiger partial charge in [0.15, 0.2) is 0 Å². The minimum absolute atomic E-state index is 0.434. The summed E-state index contributed by atoms with van der Waals surface area (Å²) >= 11 is 0. The smallest absolute Gasteiger partial charge is 0.324 e. The van der Waals surface area contributed by atoms with Gasteiger partial charge >= 0.3 is 6.18 Å². The molecule has 1 N–H and O–H groups in total. The summed E-state index contributed by atoms with van der Waals surface area (Å²) in [5, 5.41) is 3.08. The van der Waals surface area contributed by atoms with Gasteiger partial charge in [-0.2, -0.15) is 13.2 Å². The van der Waals surface area contributed by atoms with E-state index < -0.39 is 12.0 Å². The highest BCUT2D eigenvalue weighted by Gasteiger charge is 2.38. The van der Waals surface area contributed by atoms with Crippen LogP contribution in [0.1, 0.15) is 62.7 Å². The maximum Gasteiger partial charge on any atom is 0.449 e. The van der Waals surface area contributed by atoms with Crippen molar-refractivity contribution in [3.63, 3.8) is 0 Å². The molecule has 0 bridgehead atoms. The standard InChI is InChI=1S/C15H24F3N3/c1-2-3-4-5-6-7-10-21-13-8-9-19-11-12(13)20-14(21)15(16,17)18/h19H,2-11H2,1H3. The Hall–Kier alpha value is -1.04. The van der Waals surface area contributed by atoms with Crippen molar-refractivity contribution in [1.82, 2.24) is 14.9 Å². The van der Waals surface area contributed by atoms with Crippen LogP contribution in [0.25, 0.3) is 0 Å². The van der Waals surface area contributed by atoms with Crippen LogP contribution in [0, 0.1) is 0 Å². The summed E-state index contributed by atoms with van der Waals surface area (Å²) in [5.41, 5.74) is 1.34. The zero-order chi connectivity index (χ0) is 15.3. The Morgan fingerprint density at radius 3 is 2.57 bits per heavy atom. The summed E-state index contributed by atoms with van der Waals surface area (Å²) in [6, 6.07) is 0. The minimum atomic E-state index is -4.36. The second-order valence-corrected chi connectivity index (χ2v) is 5.67. The summed E-state index contributed by atoms with van der Waals surface area (Å²) in [5.74, 6) is -0.718. The molecule has 2 heterocycles. The van der Waals surface area contributed by atoms with Crippen LogP contribution in [0.5, 0.6) is 0 Å². The summed E-state index contributed by atoms with van der Waals surface area (Å²) in [6.07, 6.45) is 2.72. The third-order valence-electron chi connectivity index (χ3n) is 3.98. The molecule has 120 valence electrons. The van der Waals surface area contributed by atoms with Gasteiger partial charge in [0.05, 0.1) is 5.69 Å². The second kappa shape index (κ2) is 7.29. The van der Waals surface area contributed by atoms with Crippen LogP contribution in [-0.4, -0.2) is 16.1 Å². The number of imidazole rings is 1. The fourth-order valence-electron chi connectivity index (χ4n) is 2.88. The van der Waals surface area contributed by atoms with Gasteiger partial charge in [-0.05, 0) is 6.42 Å². The van der Waals surface area contributed by atoms with Gasteiger partial charge in [-0.15, -0.1) is 0 Å². The fraction of sp³-hybridized carbons (Fsp3) is 0.800. The lowest BCUT2D eigenvalue weighted by molar-refractivity contribution is -0.147. The zero-order valence-corrected chi connectivity index (χ0v) is 12.6. The summed E-state index contributed by atoms with van der Waals surface area (Å²) < 4.78 is 40.7. The van der Waals surface area contributed by atoms with Crippen molar-refractivity contribution >= 4 is 0 Å². The number of alkyl halides is 3. The Morgan fingerprint density at radius 2 is 1.86 bits per heavy atom. The van der Waals surface area contributed by atoms with E-state index in [4.69, 9.17) is 0 Å². The van der Waals surface area contributed by atoms with Gasteiger partial charge in [0.1, 0.15) is 0 Å². The minimum Gasteiger partial charge on any atom is -0.324 e. The van der Waals surface area contributed by atoms with E-state index in [9.17, 15) is 13.2 Å². The Morgan fingerprint density at radius 1 is 1.14 bits per heavy atom. The number of aromatic nitrogens is 2. The third-order valence-corrected chi connectivity index (χ3v) is 3.98. The maximum absolute atomic E-state index is 13.1. The van der Waals surface area contributed by atoms with Gasteiger partial charge < -0.3 is 9.88 Å². The van der Waals surface area contributed by atoms with Crippen LogP contribution in [0.4, 0.5) is 13.2 Å². The van der Waals surface area contributed by atoms with Gasteiger partial charge in [-0.25, -0.2) is 4.98 Å². The molecule has 0 radical (unpaired) electrons. The summed E-state index contributed by atoms with van der Waals surface area (Å²) in [4.78, 5) is 3.83. The number of fused-ring (bicyclic) bond motifs is 1. The quantitative estimate of drug-likeness (QED) is 0.774. The molecule has 6 heteroatoms. The first-order valence-corrected chi connectivity index (χ1v) is 7.90. The van der Waals surface area contributed by atoms with Crippen molar-refractivity contribution in [2.45, 2.75) is 71.1 Å². The van der Waals surface area contributed by atoms with E-state index >= 15 is 0 Å². The molecule has 0 spiro atoms. The van der Waals surface area contributed by atoms with Crippen molar-refractivity contribution in [3.05, 3.63) is 17.2 Å². The van der Waals surface area contributed by atoms with Gasteiger partial charge in [-0.1, -0.05) is 39.0 Å². The van der Waals surface area contributed by atoms with Gasteiger partial charge in [0, 0.05) is 31.7 Å². The van der Waals surface area contributed by atoms with Crippen LogP contribution in [0.15, 0.2) is 0 Å². The van der Waals surface area contributed by atoms with Gasteiger partial charge in [0.2, 0.25) is 5.82 Å². The molecule has 3 nitrogen and oxygen atoms in total. The third kappa shape index (κ3) is 4.22. The fourth-order valence-corrected chi connectivity index (χ4v) is 2.88. The molecule has 1 aliphatic rings. The van der Waals surface area contributed by atoms with Gasteiger partial charge in [-0.3, -0.25) is 0 Å². The topological polar surface area (TPSA) is 29.9 Å². The lowest BCUT2D eigenvalue weighted by Gasteiger charge is -2.16. The molecule has 1 aromatic heterocycles. The number of nitrogens with zero attached hydrogens (tertiary/aromatic N) is 2. The monoisotopic (exact) mass is 303 g/mol. The van der Waals surface area contributed by atoms with Crippen molar-refractivity contribution in [2.75, 3.05) is 6.54 Å². The number of hydrogen-bond donors (Lipinski definition) is 1. The number of nitrogens with one attached hydrogen (secondary N) is 1. The van der Waals surface area contributed by atoms with E-state index in [2.05, 4.69) is 17.2 Å². The van der Waals surface area contributed by atoms with E-state index in [-0.39, 0.29) is 0 Å². The highest BCUT2D eigenvalue weighted by Crippen LogP contribution is 2.31. The van der Waals surface area contributed by atoms with E-state index in [0.29, 0.717) is 25.2 Å². The highest BCUT2D eigenvalue weighted by atomic mass is 19.4. The molecule has 1 aliphatic heterocycles. The van der Waals surface area contributed by atoms with Crippen LogP contribution in [0.2, 0.25) is 0 Å². The zero-order valence-electron chi connectivity index (χ0n) is 12.6. The number of hydrogen-bond acceptors (Lipinski definition) is 2. The SMILES string of the molecule is CCCCCCCCn1c(C(F)(F)F)nc2c1CCNC2. The molecule has 21 heavy (non-hydrogen) atoms. The molecule has 0 atom stereocenters. The lowest BCUT2D eigenvalue weighted by Crippen LogP contribution is -2.25. The number of unbranched alkanes of at least 4 members (excludes halogenated alkanes) is 5. The largest absolute Gasteiger partial charge is 0.449 e. The highest BCUT2D eigenvalue weighted by molar-refractivity contribution is 5.21. The second-order valence-electron chi connectivity index (χ2n) is 5.67. The van der Waals surface area contributed by atoms with E-state index in [1.54, 1.807) is 0 Å². The summed E-state index contributed by atoms with van der Waals surface area (Å²) in [7, 11) is 0. The molecule has 0 aromatic carbocycles. The molecule has 0 aliphatic carbocycles. The first kappa shape index (κ1) is 16.3. The Balaban J connectivity index is 2.01. The molecule has 0 unspecified atom stereocenters. The van der Waals surface area contributed by atoms with Gasteiger partial charge in [0.25, 0.3) is 0 Å². The van der Waals surface area contributed by atoms with Crippen LogP contribution < -0.4 is 5.32 Å². The Bertz CT molecular complexity index is 452. The van der Waals surface area contributed by atoms with Crippen LogP contribution >= 0.6 is 0 Å². The molecule has 1 aromatic rings. The van der Waals surface area contributed by atoms with Crippen molar-refractivity contribution in [2.24, 2.45) is 0 Å².